The van der Waals surface area contributed by atoms with Crippen LogP contribution in [0.4, 0.5) is 5.95 Å². The molecule has 0 spiro atoms. The first-order valence-electron chi connectivity index (χ1n) is 8.66. The Morgan fingerprint density at radius 3 is 2.08 bits per heavy atom. The second-order valence-corrected chi connectivity index (χ2v) is 6.74. The second-order valence-electron chi connectivity index (χ2n) is 6.74. The lowest BCUT2D eigenvalue weighted by Crippen LogP contribution is -2.48. The quantitative estimate of drug-likeness (QED) is 0.809. The van der Waals surface area contributed by atoms with E-state index < -0.39 is 0 Å². The van der Waals surface area contributed by atoms with Crippen molar-refractivity contribution in [3.8, 4) is 0 Å². The lowest BCUT2D eigenvalue weighted by molar-refractivity contribution is -0.129. The van der Waals surface area contributed by atoms with Gasteiger partial charge >= 0.3 is 0 Å². The van der Waals surface area contributed by atoms with Crippen LogP contribution in [0.15, 0.2) is 12.4 Å². The van der Waals surface area contributed by atoms with Crippen LogP contribution in [0, 0.1) is 5.92 Å². The molecule has 0 aliphatic carbocycles. The Kier molecular flexibility index (Phi) is 4.97. The minimum atomic E-state index is 0.0230. The summed E-state index contributed by atoms with van der Waals surface area (Å²) in [5.41, 5.74) is 0.552. The molecule has 0 bridgehead atoms. The van der Waals surface area contributed by atoms with Crippen molar-refractivity contribution >= 4 is 17.8 Å². The first-order chi connectivity index (χ1) is 11.5. The molecule has 1 aromatic heterocycles. The molecule has 3 heterocycles. The highest BCUT2D eigenvalue weighted by molar-refractivity contribution is 5.93. The number of nitrogens with zero attached hydrogens (tertiary/aromatic N) is 5. The van der Waals surface area contributed by atoms with Crippen molar-refractivity contribution in [1.29, 1.82) is 0 Å². The topological polar surface area (TPSA) is 69.6 Å². The number of anilines is 1. The molecule has 2 amide bonds. The van der Waals surface area contributed by atoms with Crippen LogP contribution in [0.2, 0.25) is 0 Å². The SMILES string of the molecule is CC(=O)N1CCN(c2ncc(C(=O)N3CCC(C)CC3)cn2)CC1. The lowest BCUT2D eigenvalue weighted by atomic mass is 9.99. The standard InChI is InChI=1S/C17H25N5O2/c1-13-3-5-21(6-4-13)16(24)15-11-18-17(19-12-15)22-9-7-20(8-10-22)14(2)23/h11-13H,3-10H2,1-2H3. The maximum atomic E-state index is 12.5. The summed E-state index contributed by atoms with van der Waals surface area (Å²) in [6.07, 6.45) is 5.37. The van der Waals surface area contributed by atoms with Crippen molar-refractivity contribution in [3.63, 3.8) is 0 Å². The molecule has 2 aliphatic rings. The lowest BCUT2D eigenvalue weighted by Gasteiger charge is -2.34. The number of rotatable bonds is 2. The van der Waals surface area contributed by atoms with E-state index in [1.165, 1.54) is 0 Å². The molecular weight excluding hydrogens is 306 g/mol. The summed E-state index contributed by atoms with van der Waals surface area (Å²) in [6.45, 7) is 8.26. The minimum Gasteiger partial charge on any atom is -0.339 e. The molecule has 0 unspecified atom stereocenters. The summed E-state index contributed by atoms with van der Waals surface area (Å²) in [7, 11) is 0. The highest BCUT2D eigenvalue weighted by Gasteiger charge is 2.23. The number of carbonyl (C=O) groups excluding carboxylic acids is 2. The summed E-state index contributed by atoms with van der Waals surface area (Å²) in [4.78, 5) is 38.4. The summed E-state index contributed by atoms with van der Waals surface area (Å²) >= 11 is 0. The molecule has 2 fully saturated rings. The first-order valence-corrected chi connectivity index (χ1v) is 8.66. The van der Waals surface area contributed by atoms with Crippen LogP contribution in [0.25, 0.3) is 0 Å². The van der Waals surface area contributed by atoms with E-state index in [0.717, 1.165) is 39.0 Å². The molecule has 0 saturated carbocycles. The van der Waals surface area contributed by atoms with Gasteiger partial charge in [0.15, 0.2) is 0 Å². The van der Waals surface area contributed by atoms with E-state index in [1.807, 2.05) is 9.80 Å². The van der Waals surface area contributed by atoms with Crippen molar-refractivity contribution in [3.05, 3.63) is 18.0 Å². The highest BCUT2D eigenvalue weighted by Crippen LogP contribution is 2.18. The maximum Gasteiger partial charge on any atom is 0.256 e. The van der Waals surface area contributed by atoms with E-state index in [4.69, 9.17) is 0 Å². The molecule has 24 heavy (non-hydrogen) atoms. The van der Waals surface area contributed by atoms with Gasteiger partial charge in [-0.15, -0.1) is 0 Å². The smallest absolute Gasteiger partial charge is 0.256 e. The average Bonchev–Trinajstić information content (AvgIpc) is 2.62. The third kappa shape index (κ3) is 3.66. The number of carbonyl (C=O) groups is 2. The van der Waals surface area contributed by atoms with Crippen molar-refractivity contribution in [2.24, 2.45) is 5.92 Å². The van der Waals surface area contributed by atoms with Crippen molar-refractivity contribution < 1.29 is 9.59 Å². The monoisotopic (exact) mass is 331 g/mol. The largest absolute Gasteiger partial charge is 0.339 e. The van der Waals surface area contributed by atoms with Gasteiger partial charge in [0, 0.05) is 58.6 Å². The maximum absolute atomic E-state index is 12.5. The Hall–Kier alpha value is -2.18. The Labute approximate surface area is 142 Å². The van der Waals surface area contributed by atoms with Gasteiger partial charge in [-0.3, -0.25) is 9.59 Å². The molecule has 0 atom stereocenters. The second kappa shape index (κ2) is 7.15. The van der Waals surface area contributed by atoms with Crippen LogP contribution < -0.4 is 4.90 Å². The Bertz CT molecular complexity index is 588. The van der Waals surface area contributed by atoms with E-state index >= 15 is 0 Å². The normalized spacial score (nSPS) is 19.5. The van der Waals surface area contributed by atoms with E-state index in [0.29, 0.717) is 30.5 Å². The molecular formula is C17H25N5O2. The molecule has 2 saturated heterocycles. The van der Waals surface area contributed by atoms with Crippen LogP contribution in [0.3, 0.4) is 0 Å². The molecule has 2 aliphatic heterocycles. The fourth-order valence-corrected chi connectivity index (χ4v) is 3.21. The van der Waals surface area contributed by atoms with Crippen LogP contribution >= 0.6 is 0 Å². The van der Waals surface area contributed by atoms with Gasteiger partial charge in [-0.2, -0.15) is 0 Å². The molecule has 7 heteroatoms. The molecule has 0 aromatic carbocycles. The van der Waals surface area contributed by atoms with Gasteiger partial charge in [-0.25, -0.2) is 9.97 Å². The summed E-state index contributed by atoms with van der Waals surface area (Å²) in [5, 5.41) is 0. The number of hydrogen-bond donors (Lipinski definition) is 0. The van der Waals surface area contributed by atoms with Crippen molar-refractivity contribution in [2.45, 2.75) is 26.7 Å². The van der Waals surface area contributed by atoms with Gasteiger partial charge in [0.1, 0.15) is 0 Å². The molecule has 1 aromatic rings. The number of amides is 2. The Morgan fingerprint density at radius 2 is 1.54 bits per heavy atom. The number of likely N-dealkylation sites (tertiary alicyclic amines) is 1. The van der Waals surface area contributed by atoms with E-state index in [1.54, 1.807) is 19.3 Å². The van der Waals surface area contributed by atoms with Crippen LogP contribution in [0.1, 0.15) is 37.0 Å². The zero-order valence-electron chi connectivity index (χ0n) is 14.4. The van der Waals surface area contributed by atoms with Crippen LogP contribution in [-0.2, 0) is 4.79 Å². The van der Waals surface area contributed by atoms with Crippen LogP contribution in [0.5, 0.6) is 0 Å². The zero-order valence-corrected chi connectivity index (χ0v) is 14.4. The zero-order chi connectivity index (χ0) is 17.1. The highest BCUT2D eigenvalue weighted by atomic mass is 16.2. The van der Waals surface area contributed by atoms with Crippen molar-refractivity contribution in [1.82, 2.24) is 19.8 Å². The third-order valence-electron chi connectivity index (χ3n) is 4.96. The van der Waals surface area contributed by atoms with Gasteiger partial charge < -0.3 is 14.7 Å². The Morgan fingerprint density at radius 1 is 0.958 bits per heavy atom. The molecule has 0 N–H and O–H groups in total. The van der Waals surface area contributed by atoms with Gasteiger partial charge in [0.25, 0.3) is 5.91 Å². The summed E-state index contributed by atoms with van der Waals surface area (Å²) < 4.78 is 0. The van der Waals surface area contributed by atoms with Gasteiger partial charge in [0.05, 0.1) is 5.56 Å². The Balaban J connectivity index is 1.59. The number of aromatic nitrogens is 2. The molecule has 130 valence electrons. The van der Waals surface area contributed by atoms with Crippen molar-refractivity contribution in [2.75, 3.05) is 44.2 Å². The number of piperidine rings is 1. The minimum absolute atomic E-state index is 0.0230. The third-order valence-corrected chi connectivity index (χ3v) is 4.96. The number of piperazine rings is 1. The summed E-state index contributed by atoms with van der Waals surface area (Å²) in [6, 6.07) is 0. The first kappa shape index (κ1) is 16.7. The predicted molar refractivity (Wildman–Crippen MR) is 90.8 cm³/mol. The molecule has 3 rings (SSSR count). The predicted octanol–water partition coefficient (Wildman–Crippen LogP) is 1.02. The van der Waals surface area contributed by atoms with Gasteiger partial charge in [-0.1, -0.05) is 6.92 Å². The van der Waals surface area contributed by atoms with Gasteiger partial charge in [0.2, 0.25) is 11.9 Å². The molecule has 0 radical (unpaired) electrons. The van der Waals surface area contributed by atoms with E-state index in [2.05, 4.69) is 21.8 Å². The fraction of sp³-hybridized carbons (Fsp3) is 0.647. The van der Waals surface area contributed by atoms with Gasteiger partial charge in [-0.05, 0) is 18.8 Å². The summed E-state index contributed by atoms with van der Waals surface area (Å²) in [5.74, 6) is 1.45. The van der Waals surface area contributed by atoms with E-state index in [-0.39, 0.29) is 11.8 Å². The fourth-order valence-electron chi connectivity index (χ4n) is 3.21. The number of hydrogen-bond acceptors (Lipinski definition) is 5. The van der Waals surface area contributed by atoms with Crippen LogP contribution in [-0.4, -0.2) is 70.9 Å². The molecule has 7 nitrogen and oxygen atoms in total. The van der Waals surface area contributed by atoms with E-state index in [9.17, 15) is 9.59 Å². The average molecular weight is 331 g/mol.